The number of nitrogens with zero attached hydrogens (tertiary/aromatic N) is 2. The van der Waals surface area contributed by atoms with Crippen LogP contribution in [0.25, 0.3) is 0 Å². The molecule has 1 N–H and O–H groups in total. The molecule has 104 valence electrons. The van der Waals surface area contributed by atoms with Crippen LogP contribution in [0.15, 0.2) is 6.20 Å². The molecule has 0 radical (unpaired) electrons. The van der Waals surface area contributed by atoms with Crippen LogP contribution in [0.1, 0.15) is 31.6 Å². The van der Waals surface area contributed by atoms with E-state index in [0.717, 1.165) is 37.7 Å². The van der Waals surface area contributed by atoms with Crippen molar-refractivity contribution in [1.29, 1.82) is 0 Å². The van der Waals surface area contributed by atoms with Crippen LogP contribution in [0.5, 0.6) is 0 Å². The molecule has 0 spiro atoms. The molecular weight excluding hydrogens is 246 g/mol. The molecule has 1 aromatic rings. The lowest BCUT2D eigenvalue weighted by molar-refractivity contribution is 0.202. The van der Waals surface area contributed by atoms with Gasteiger partial charge in [0.2, 0.25) is 0 Å². The number of thiazole rings is 1. The van der Waals surface area contributed by atoms with Crippen molar-refractivity contribution >= 4 is 16.5 Å². The maximum absolute atomic E-state index is 5.21. The highest BCUT2D eigenvalue weighted by Gasteiger charge is 2.18. The summed E-state index contributed by atoms with van der Waals surface area (Å²) in [5.41, 5.74) is 0. The third-order valence-corrected chi connectivity index (χ3v) is 4.09. The molecule has 0 amide bonds. The van der Waals surface area contributed by atoms with Crippen LogP contribution >= 0.6 is 11.3 Å². The van der Waals surface area contributed by atoms with Gasteiger partial charge in [0, 0.05) is 37.3 Å². The summed E-state index contributed by atoms with van der Waals surface area (Å²) in [7, 11) is 3.71. The quantitative estimate of drug-likeness (QED) is 0.749. The van der Waals surface area contributed by atoms with Crippen molar-refractivity contribution in [2.75, 3.05) is 32.2 Å². The first-order valence-electron chi connectivity index (χ1n) is 6.61. The number of aromatic nitrogens is 1. The number of rotatable bonds is 9. The molecule has 0 aromatic carbocycles. The van der Waals surface area contributed by atoms with Crippen LogP contribution in [0, 0.1) is 0 Å². The monoisotopic (exact) mass is 271 g/mol. The van der Waals surface area contributed by atoms with Crippen molar-refractivity contribution in [1.82, 2.24) is 10.3 Å². The fourth-order valence-electron chi connectivity index (χ4n) is 2.04. The van der Waals surface area contributed by atoms with E-state index in [0.29, 0.717) is 6.04 Å². The molecule has 0 aliphatic carbocycles. The van der Waals surface area contributed by atoms with E-state index >= 15 is 0 Å². The maximum Gasteiger partial charge on any atom is 0.185 e. The molecule has 0 unspecified atom stereocenters. The van der Waals surface area contributed by atoms with Gasteiger partial charge in [-0.2, -0.15) is 0 Å². The number of hydrogen-bond donors (Lipinski definition) is 1. The second kappa shape index (κ2) is 8.45. The largest absolute Gasteiger partial charge is 0.383 e. The van der Waals surface area contributed by atoms with E-state index in [2.05, 4.69) is 29.0 Å². The summed E-state index contributed by atoms with van der Waals surface area (Å²) in [4.78, 5) is 8.21. The predicted molar refractivity (Wildman–Crippen MR) is 78.5 cm³/mol. The van der Waals surface area contributed by atoms with Crippen molar-refractivity contribution in [3.8, 4) is 0 Å². The highest BCUT2D eigenvalue weighted by molar-refractivity contribution is 7.15. The Morgan fingerprint density at radius 3 is 2.72 bits per heavy atom. The molecule has 1 rings (SSSR count). The zero-order valence-corrected chi connectivity index (χ0v) is 12.7. The van der Waals surface area contributed by atoms with Gasteiger partial charge in [-0.05, 0) is 19.9 Å². The summed E-state index contributed by atoms with van der Waals surface area (Å²) >= 11 is 1.77. The topological polar surface area (TPSA) is 37.4 Å². The van der Waals surface area contributed by atoms with E-state index in [4.69, 9.17) is 4.74 Å². The van der Waals surface area contributed by atoms with Gasteiger partial charge in [-0.1, -0.05) is 13.8 Å². The first kappa shape index (κ1) is 15.4. The van der Waals surface area contributed by atoms with Crippen molar-refractivity contribution in [3.63, 3.8) is 0 Å². The summed E-state index contributed by atoms with van der Waals surface area (Å²) in [6.07, 6.45) is 4.25. The minimum absolute atomic E-state index is 0.550. The van der Waals surface area contributed by atoms with E-state index in [1.54, 1.807) is 18.4 Å². The van der Waals surface area contributed by atoms with E-state index in [9.17, 15) is 0 Å². The number of ether oxygens (including phenoxy) is 1. The molecule has 18 heavy (non-hydrogen) atoms. The van der Waals surface area contributed by atoms with E-state index in [-0.39, 0.29) is 0 Å². The first-order chi connectivity index (χ1) is 8.76. The lowest BCUT2D eigenvalue weighted by Crippen LogP contribution is -2.37. The third kappa shape index (κ3) is 4.23. The van der Waals surface area contributed by atoms with Crippen LogP contribution < -0.4 is 10.2 Å². The number of hydrogen-bond acceptors (Lipinski definition) is 5. The van der Waals surface area contributed by atoms with Crippen molar-refractivity contribution in [2.45, 2.75) is 39.3 Å². The molecule has 0 bridgehead atoms. The summed E-state index contributed by atoms with van der Waals surface area (Å²) in [6.45, 7) is 7.01. The summed E-state index contributed by atoms with van der Waals surface area (Å²) < 4.78 is 5.21. The molecular formula is C13H25N3OS. The van der Waals surface area contributed by atoms with E-state index in [1.165, 1.54) is 4.88 Å². The van der Waals surface area contributed by atoms with E-state index < -0.39 is 0 Å². The standard InChI is InChI=1S/C13H25N3OS/c1-5-11(6-2)16(7-8-17-4)13-15-10-12(18-13)9-14-3/h10-11,14H,5-9H2,1-4H3. The lowest BCUT2D eigenvalue weighted by Gasteiger charge is -2.29. The molecule has 0 fully saturated rings. The van der Waals surface area contributed by atoms with Gasteiger partial charge >= 0.3 is 0 Å². The Hall–Kier alpha value is -0.650. The third-order valence-electron chi connectivity index (χ3n) is 3.06. The highest BCUT2D eigenvalue weighted by Crippen LogP contribution is 2.26. The Morgan fingerprint density at radius 1 is 1.44 bits per heavy atom. The van der Waals surface area contributed by atoms with Crippen molar-refractivity contribution in [3.05, 3.63) is 11.1 Å². The summed E-state index contributed by atoms with van der Waals surface area (Å²) in [5, 5.41) is 4.28. The molecule has 0 aliphatic heterocycles. The molecule has 4 nitrogen and oxygen atoms in total. The van der Waals surface area contributed by atoms with Crippen LogP contribution in [-0.4, -0.2) is 38.3 Å². The lowest BCUT2D eigenvalue weighted by atomic mass is 10.1. The fourth-order valence-corrected chi connectivity index (χ4v) is 3.06. The Balaban J connectivity index is 2.78. The minimum Gasteiger partial charge on any atom is -0.383 e. The SMILES string of the molecule is CCC(CC)N(CCOC)c1ncc(CNC)s1. The molecule has 0 aliphatic rings. The van der Waals surface area contributed by atoms with Gasteiger partial charge in [0.1, 0.15) is 0 Å². The fraction of sp³-hybridized carbons (Fsp3) is 0.769. The molecule has 0 saturated carbocycles. The second-order valence-corrected chi connectivity index (χ2v) is 5.39. The normalized spacial score (nSPS) is 11.2. The van der Waals surface area contributed by atoms with Crippen LogP contribution in [0.4, 0.5) is 5.13 Å². The van der Waals surface area contributed by atoms with Crippen LogP contribution in [0.3, 0.4) is 0 Å². The smallest absolute Gasteiger partial charge is 0.185 e. The summed E-state index contributed by atoms with van der Waals surface area (Å²) in [5.74, 6) is 0. The zero-order chi connectivity index (χ0) is 13.4. The molecule has 0 atom stereocenters. The van der Waals surface area contributed by atoms with E-state index in [1.807, 2.05) is 13.2 Å². The maximum atomic E-state index is 5.21. The molecule has 1 heterocycles. The van der Waals surface area contributed by atoms with Crippen molar-refractivity contribution in [2.24, 2.45) is 0 Å². The Kier molecular flexibility index (Phi) is 7.23. The average molecular weight is 271 g/mol. The highest BCUT2D eigenvalue weighted by atomic mass is 32.1. The average Bonchev–Trinajstić information content (AvgIpc) is 2.83. The Labute approximate surface area is 114 Å². The van der Waals surface area contributed by atoms with Gasteiger partial charge in [0.05, 0.1) is 6.61 Å². The van der Waals surface area contributed by atoms with Crippen LogP contribution in [0.2, 0.25) is 0 Å². The minimum atomic E-state index is 0.550. The van der Waals surface area contributed by atoms with Gasteiger partial charge in [-0.3, -0.25) is 0 Å². The van der Waals surface area contributed by atoms with Gasteiger partial charge < -0.3 is 15.0 Å². The Bertz CT molecular complexity index is 326. The predicted octanol–water partition coefficient (Wildman–Crippen LogP) is 2.50. The number of nitrogens with one attached hydrogen (secondary N) is 1. The van der Waals surface area contributed by atoms with Gasteiger partial charge in [-0.15, -0.1) is 11.3 Å². The number of methoxy groups -OCH3 is 1. The van der Waals surface area contributed by atoms with Crippen molar-refractivity contribution < 1.29 is 4.74 Å². The van der Waals surface area contributed by atoms with Crippen LogP contribution in [-0.2, 0) is 11.3 Å². The number of anilines is 1. The molecule has 1 aromatic heterocycles. The van der Waals surface area contributed by atoms with Gasteiger partial charge in [0.25, 0.3) is 0 Å². The van der Waals surface area contributed by atoms with Gasteiger partial charge in [0.15, 0.2) is 5.13 Å². The second-order valence-electron chi connectivity index (χ2n) is 4.30. The Morgan fingerprint density at radius 2 is 2.17 bits per heavy atom. The zero-order valence-electron chi connectivity index (χ0n) is 11.9. The molecule has 0 saturated heterocycles. The summed E-state index contributed by atoms with van der Waals surface area (Å²) in [6, 6.07) is 0.550. The molecule has 5 heteroatoms. The first-order valence-corrected chi connectivity index (χ1v) is 7.43. The van der Waals surface area contributed by atoms with Gasteiger partial charge in [-0.25, -0.2) is 4.98 Å².